The van der Waals surface area contributed by atoms with Crippen LogP contribution in [-0.2, 0) is 6.42 Å². The topological polar surface area (TPSA) is 18.5 Å². The Balaban J connectivity index is 2.23. The van der Waals surface area contributed by atoms with Crippen LogP contribution >= 0.6 is 0 Å². The van der Waals surface area contributed by atoms with E-state index in [-0.39, 0.29) is 11.9 Å². The van der Waals surface area contributed by atoms with Crippen LogP contribution in [0, 0.1) is 12.7 Å². The van der Waals surface area contributed by atoms with Gasteiger partial charge in [-0.25, -0.2) is 4.39 Å². The Labute approximate surface area is 118 Å². The van der Waals surface area contributed by atoms with Gasteiger partial charge in [0.15, 0.2) is 0 Å². The van der Waals surface area contributed by atoms with Crippen LogP contribution in [-0.4, -0.2) is 13.2 Å². The Morgan fingerprint density at radius 1 is 1.20 bits per heavy atom. The monoisotopic (exact) mass is 272 g/mol. The molecule has 0 fully saturated rings. The average molecular weight is 272 g/mol. The first-order chi connectivity index (χ1) is 9.58. The molecule has 0 aliphatic carbocycles. The lowest BCUT2D eigenvalue weighted by molar-refractivity contribution is 0.255. The summed E-state index contributed by atoms with van der Waals surface area (Å²) in [7, 11) is 1.62. The molecule has 2 aromatic carbocycles. The number of halogens is 1. The molecule has 104 valence electrons. The van der Waals surface area contributed by atoms with Gasteiger partial charge in [0.25, 0.3) is 0 Å². The highest BCUT2D eigenvalue weighted by Crippen LogP contribution is 2.43. The van der Waals surface area contributed by atoms with E-state index < -0.39 is 0 Å². The third kappa shape index (κ3) is 2.13. The molecule has 0 amide bonds. The molecule has 0 bridgehead atoms. The van der Waals surface area contributed by atoms with Gasteiger partial charge in [0, 0.05) is 23.1 Å². The van der Waals surface area contributed by atoms with Gasteiger partial charge in [-0.1, -0.05) is 11.6 Å². The van der Waals surface area contributed by atoms with Crippen molar-refractivity contribution in [3.8, 4) is 22.6 Å². The molecule has 2 aromatic rings. The molecule has 20 heavy (non-hydrogen) atoms. The number of hydrogen-bond donors (Lipinski definition) is 0. The molecule has 1 aliphatic rings. The van der Waals surface area contributed by atoms with E-state index in [1.807, 2.05) is 32.0 Å². The zero-order valence-electron chi connectivity index (χ0n) is 11.9. The lowest BCUT2D eigenvalue weighted by Crippen LogP contribution is -2.05. The molecule has 3 rings (SSSR count). The highest BCUT2D eigenvalue weighted by molar-refractivity contribution is 5.78. The summed E-state index contributed by atoms with van der Waals surface area (Å²) in [6.45, 7) is 4.00. The molecule has 1 unspecified atom stereocenters. The molecular formula is C17H17FO2. The van der Waals surface area contributed by atoms with Crippen LogP contribution in [0.5, 0.6) is 11.5 Å². The fourth-order valence-corrected chi connectivity index (χ4v) is 2.73. The Hall–Kier alpha value is -2.03. The van der Waals surface area contributed by atoms with E-state index in [0.29, 0.717) is 0 Å². The Morgan fingerprint density at radius 2 is 2.00 bits per heavy atom. The second-order valence-electron chi connectivity index (χ2n) is 5.28. The van der Waals surface area contributed by atoms with Crippen molar-refractivity contribution in [1.29, 1.82) is 0 Å². The summed E-state index contributed by atoms with van der Waals surface area (Å²) >= 11 is 0. The summed E-state index contributed by atoms with van der Waals surface area (Å²) in [5.41, 5.74) is 3.67. The van der Waals surface area contributed by atoms with Crippen LogP contribution in [0.4, 0.5) is 4.39 Å². The van der Waals surface area contributed by atoms with Crippen LogP contribution < -0.4 is 9.47 Å². The van der Waals surface area contributed by atoms with E-state index in [1.165, 1.54) is 6.07 Å². The van der Waals surface area contributed by atoms with Gasteiger partial charge in [-0.05, 0) is 38.1 Å². The molecule has 1 atom stereocenters. The van der Waals surface area contributed by atoms with Crippen LogP contribution in [0.2, 0.25) is 0 Å². The lowest BCUT2D eigenvalue weighted by atomic mass is 9.98. The molecule has 0 spiro atoms. The Morgan fingerprint density at radius 3 is 2.75 bits per heavy atom. The van der Waals surface area contributed by atoms with E-state index in [4.69, 9.17) is 9.47 Å². The number of aryl methyl sites for hydroxylation is 1. The molecule has 3 heteroatoms. The highest BCUT2D eigenvalue weighted by atomic mass is 19.1. The molecule has 1 aliphatic heterocycles. The van der Waals surface area contributed by atoms with Crippen molar-refractivity contribution in [1.82, 2.24) is 0 Å². The van der Waals surface area contributed by atoms with Gasteiger partial charge in [-0.3, -0.25) is 0 Å². The largest absolute Gasteiger partial charge is 0.496 e. The first kappa shape index (κ1) is 13.0. The first-order valence-electron chi connectivity index (χ1n) is 6.72. The molecule has 0 N–H and O–H groups in total. The number of hydrogen-bond acceptors (Lipinski definition) is 2. The summed E-state index contributed by atoms with van der Waals surface area (Å²) in [5, 5.41) is 0. The maximum absolute atomic E-state index is 13.9. The molecule has 0 saturated heterocycles. The van der Waals surface area contributed by atoms with Crippen LogP contribution in [0.25, 0.3) is 11.1 Å². The highest BCUT2D eigenvalue weighted by Gasteiger charge is 2.25. The van der Waals surface area contributed by atoms with E-state index in [0.717, 1.165) is 40.2 Å². The van der Waals surface area contributed by atoms with Gasteiger partial charge < -0.3 is 9.47 Å². The fraction of sp³-hybridized carbons (Fsp3) is 0.294. The van der Waals surface area contributed by atoms with Crippen molar-refractivity contribution in [2.24, 2.45) is 0 Å². The fourth-order valence-electron chi connectivity index (χ4n) is 2.73. The minimum absolute atomic E-state index is 0.0846. The van der Waals surface area contributed by atoms with Gasteiger partial charge in [0.2, 0.25) is 0 Å². The second-order valence-corrected chi connectivity index (χ2v) is 5.28. The maximum Gasteiger partial charge on any atom is 0.131 e. The number of benzene rings is 2. The first-order valence-corrected chi connectivity index (χ1v) is 6.72. The molecule has 0 saturated carbocycles. The van der Waals surface area contributed by atoms with Gasteiger partial charge >= 0.3 is 0 Å². The van der Waals surface area contributed by atoms with Gasteiger partial charge in [-0.2, -0.15) is 0 Å². The summed E-state index contributed by atoms with van der Waals surface area (Å²) < 4.78 is 25.1. The Bertz CT molecular complexity index is 664. The lowest BCUT2D eigenvalue weighted by Gasteiger charge is -2.14. The minimum atomic E-state index is -0.236. The van der Waals surface area contributed by atoms with Crippen molar-refractivity contribution in [2.75, 3.05) is 7.11 Å². The predicted octanol–water partition coefficient (Wildman–Crippen LogP) is 4.13. The van der Waals surface area contributed by atoms with Gasteiger partial charge in [0.1, 0.15) is 23.4 Å². The number of ether oxygens (including phenoxy) is 2. The third-order valence-electron chi connectivity index (χ3n) is 3.60. The number of rotatable bonds is 2. The second kappa shape index (κ2) is 4.82. The van der Waals surface area contributed by atoms with E-state index in [9.17, 15) is 4.39 Å². The predicted molar refractivity (Wildman–Crippen MR) is 76.9 cm³/mol. The van der Waals surface area contributed by atoms with Crippen molar-refractivity contribution in [2.45, 2.75) is 26.4 Å². The van der Waals surface area contributed by atoms with Crippen LogP contribution in [0.15, 0.2) is 30.3 Å². The van der Waals surface area contributed by atoms with Crippen LogP contribution in [0.3, 0.4) is 0 Å². The summed E-state index contributed by atoms with van der Waals surface area (Å²) in [6, 6.07) is 8.96. The smallest absolute Gasteiger partial charge is 0.131 e. The molecule has 0 radical (unpaired) electrons. The van der Waals surface area contributed by atoms with E-state index in [1.54, 1.807) is 13.2 Å². The van der Waals surface area contributed by atoms with Gasteiger partial charge in [0.05, 0.1) is 7.11 Å². The number of fused-ring (bicyclic) bond motifs is 1. The zero-order valence-corrected chi connectivity index (χ0v) is 11.9. The normalized spacial score (nSPS) is 16.7. The van der Waals surface area contributed by atoms with Crippen LogP contribution in [0.1, 0.15) is 18.1 Å². The maximum atomic E-state index is 13.9. The van der Waals surface area contributed by atoms with Crippen molar-refractivity contribution in [3.63, 3.8) is 0 Å². The summed E-state index contributed by atoms with van der Waals surface area (Å²) in [4.78, 5) is 0. The van der Waals surface area contributed by atoms with Crippen molar-refractivity contribution >= 4 is 0 Å². The minimum Gasteiger partial charge on any atom is -0.496 e. The average Bonchev–Trinajstić information content (AvgIpc) is 2.77. The van der Waals surface area contributed by atoms with E-state index in [2.05, 4.69) is 0 Å². The SMILES string of the molecule is COc1ccc(C)cc1-c1cc(F)cc2c1OC(C)C2. The standard InChI is InChI=1S/C17H17FO2/c1-10-4-5-16(19-3)14(6-10)15-9-13(18)8-12-7-11(2)20-17(12)15/h4-6,8-9,11H,7H2,1-3H3. The van der Waals surface area contributed by atoms with Crippen molar-refractivity contribution in [3.05, 3.63) is 47.3 Å². The molecule has 1 heterocycles. The molecular weight excluding hydrogens is 255 g/mol. The zero-order chi connectivity index (χ0) is 14.3. The molecule has 2 nitrogen and oxygen atoms in total. The third-order valence-corrected chi connectivity index (χ3v) is 3.60. The molecule has 0 aromatic heterocycles. The summed E-state index contributed by atoms with van der Waals surface area (Å²) in [5.74, 6) is 1.27. The number of methoxy groups -OCH3 is 1. The van der Waals surface area contributed by atoms with Crippen molar-refractivity contribution < 1.29 is 13.9 Å². The Kier molecular flexibility index (Phi) is 3.13. The summed E-state index contributed by atoms with van der Waals surface area (Å²) in [6.07, 6.45) is 0.829. The van der Waals surface area contributed by atoms with E-state index >= 15 is 0 Å². The van der Waals surface area contributed by atoms with Gasteiger partial charge in [-0.15, -0.1) is 0 Å². The quantitative estimate of drug-likeness (QED) is 0.818.